The third kappa shape index (κ3) is 3.30. The zero-order valence-electron chi connectivity index (χ0n) is 13.0. The van der Waals surface area contributed by atoms with Crippen LogP contribution in [-0.4, -0.2) is 23.4 Å². The molecule has 0 radical (unpaired) electrons. The van der Waals surface area contributed by atoms with E-state index < -0.39 is 0 Å². The summed E-state index contributed by atoms with van der Waals surface area (Å²) in [6, 6.07) is 6.43. The molecule has 1 aromatic carbocycles. The van der Waals surface area contributed by atoms with Gasteiger partial charge in [-0.05, 0) is 43.7 Å². The molecular weight excluding hydrogens is 330 g/mol. The number of methoxy groups -OCH3 is 1. The second-order valence-electron chi connectivity index (χ2n) is 4.91. The topological polar surface area (TPSA) is 39.1 Å². The van der Waals surface area contributed by atoms with Crippen molar-refractivity contribution in [2.24, 2.45) is 0 Å². The van der Waals surface area contributed by atoms with E-state index in [1.54, 1.807) is 13.3 Å². The standard InChI is InChI=1S/C16H22BrN3O/c1-5-18-15(13-8-7-12(17)9-11(13)3)16-14(21-4)10-19-20(16)6-2/h7-10,15,18H,5-6H2,1-4H3. The van der Waals surface area contributed by atoms with Crippen molar-refractivity contribution in [3.63, 3.8) is 0 Å². The fraction of sp³-hybridized carbons (Fsp3) is 0.438. The second-order valence-corrected chi connectivity index (χ2v) is 5.82. The van der Waals surface area contributed by atoms with Gasteiger partial charge in [0.25, 0.3) is 0 Å². The Labute approximate surface area is 134 Å². The van der Waals surface area contributed by atoms with Crippen molar-refractivity contribution in [3.8, 4) is 5.75 Å². The van der Waals surface area contributed by atoms with Gasteiger partial charge in [-0.2, -0.15) is 5.10 Å². The van der Waals surface area contributed by atoms with Crippen LogP contribution in [0.25, 0.3) is 0 Å². The summed E-state index contributed by atoms with van der Waals surface area (Å²) >= 11 is 3.53. The molecule has 0 saturated heterocycles. The van der Waals surface area contributed by atoms with Crippen LogP contribution >= 0.6 is 15.9 Å². The van der Waals surface area contributed by atoms with Crippen molar-refractivity contribution in [3.05, 3.63) is 45.7 Å². The summed E-state index contributed by atoms with van der Waals surface area (Å²) < 4.78 is 8.59. The van der Waals surface area contributed by atoms with Gasteiger partial charge in [-0.3, -0.25) is 4.68 Å². The highest BCUT2D eigenvalue weighted by atomic mass is 79.9. The fourth-order valence-corrected chi connectivity index (χ4v) is 3.07. The first-order valence-corrected chi connectivity index (χ1v) is 8.00. The molecular formula is C16H22BrN3O. The molecule has 1 unspecified atom stereocenters. The summed E-state index contributed by atoms with van der Waals surface area (Å²) in [4.78, 5) is 0. The molecule has 1 N–H and O–H groups in total. The number of aryl methyl sites for hydroxylation is 2. The number of nitrogens with one attached hydrogen (secondary N) is 1. The van der Waals surface area contributed by atoms with Crippen molar-refractivity contribution in [1.82, 2.24) is 15.1 Å². The van der Waals surface area contributed by atoms with Crippen LogP contribution in [0, 0.1) is 6.92 Å². The number of rotatable bonds is 6. The van der Waals surface area contributed by atoms with E-state index in [0.29, 0.717) is 0 Å². The summed E-state index contributed by atoms with van der Waals surface area (Å²) in [6.07, 6.45) is 1.79. The van der Waals surface area contributed by atoms with Gasteiger partial charge in [0, 0.05) is 11.0 Å². The molecule has 21 heavy (non-hydrogen) atoms. The number of benzene rings is 1. The van der Waals surface area contributed by atoms with E-state index in [9.17, 15) is 0 Å². The average Bonchev–Trinajstić information content (AvgIpc) is 2.88. The van der Waals surface area contributed by atoms with E-state index in [-0.39, 0.29) is 6.04 Å². The maximum atomic E-state index is 5.51. The summed E-state index contributed by atoms with van der Waals surface area (Å²) in [5, 5.41) is 7.98. The highest BCUT2D eigenvalue weighted by molar-refractivity contribution is 9.10. The molecule has 2 aromatic rings. The Morgan fingerprint density at radius 2 is 2.14 bits per heavy atom. The van der Waals surface area contributed by atoms with E-state index >= 15 is 0 Å². The van der Waals surface area contributed by atoms with Gasteiger partial charge in [0.05, 0.1) is 19.3 Å². The van der Waals surface area contributed by atoms with Crippen LogP contribution in [0.1, 0.15) is 36.7 Å². The molecule has 4 nitrogen and oxygen atoms in total. The highest BCUT2D eigenvalue weighted by Crippen LogP contribution is 2.32. The summed E-state index contributed by atoms with van der Waals surface area (Å²) in [5.74, 6) is 0.824. The highest BCUT2D eigenvalue weighted by Gasteiger charge is 2.23. The first-order valence-electron chi connectivity index (χ1n) is 7.21. The van der Waals surface area contributed by atoms with Crippen molar-refractivity contribution in [1.29, 1.82) is 0 Å². The van der Waals surface area contributed by atoms with Crippen molar-refractivity contribution < 1.29 is 4.74 Å². The molecule has 0 aliphatic carbocycles. The lowest BCUT2D eigenvalue weighted by molar-refractivity contribution is 0.399. The van der Waals surface area contributed by atoms with Gasteiger partial charge in [0.15, 0.2) is 5.75 Å². The number of nitrogens with zero attached hydrogens (tertiary/aromatic N) is 2. The minimum Gasteiger partial charge on any atom is -0.493 e. The Morgan fingerprint density at radius 1 is 1.38 bits per heavy atom. The Hall–Kier alpha value is -1.33. The summed E-state index contributed by atoms with van der Waals surface area (Å²) in [6.45, 7) is 8.02. The van der Waals surface area contributed by atoms with Gasteiger partial charge in [-0.25, -0.2) is 0 Å². The maximum absolute atomic E-state index is 5.51. The van der Waals surface area contributed by atoms with Gasteiger partial charge < -0.3 is 10.1 Å². The van der Waals surface area contributed by atoms with Crippen LogP contribution in [0.2, 0.25) is 0 Å². The Balaban J connectivity index is 2.55. The van der Waals surface area contributed by atoms with E-state index in [0.717, 1.165) is 29.0 Å². The Bertz CT molecular complexity index is 588. The first kappa shape index (κ1) is 16.0. The molecule has 0 aliphatic rings. The van der Waals surface area contributed by atoms with Crippen LogP contribution in [0.4, 0.5) is 0 Å². The molecule has 2 rings (SSSR count). The Morgan fingerprint density at radius 3 is 2.71 bits per heavy atom. The van der Waals surface area contributed by atoms with Crippen LogP contribution < -0.4 is 10.1 Å². The smallest absolute Gasteiger partial charge is 0.161 e. The van der Waals surface area contributed by atoms with Crippen molar-refractivity contribution in [2.75, 3.05) is 13.7 Å². The van der Waals surface area contributed by atoms with Gasteiger partial charge >= 0.3 is 0 Å². The zero-order valence-corrected chi connectivity index (χ0v) is 14.6. The number of ether oxygens (including phenoxy) is 1. The molecule has 0 bridgehead atoms. The van der Waals surface area contributed by atoms with Crippen LogP contribution in [0.15, 0.2) is 28.9 Å². The number of aromatic nitrogens is 2. The SMILES string of the molecule is CCNC(c1ccc(Br)cc1C)c1c(OC)cnn1CC. The van der Waals surface area contributed by atoms with E-state index in [1.807, 2.05) is 4.68 Å². The number of halogens is 1. The molecule has 0 amide bonds. The molecule has 0 spiro atoms. The normalized spacial score (nSPS) is 12.4. The second kappa shape index (κ2) is 7.09. The van der Waals surface area contributed by atoms with Gasteiger partial charge in [0.2, 0.25) is 0 Å². The molecule has 114 valence electrons. The minimum atomic E-state index is 0.0699. The van der Waals surface area contributed by atoms with Crippen LogP contribution in [0.3, 0.4) is 0 Å². The monoisotopic (exact) mass is 351 g/mol. The van der Waals surface area contributed by atoms with Crippen LogP contribution in [0.5, 0.6) is 5.75 Å². The van der Waals surface area contributed by atoms with E-state index in [1.165, 1.54) is 11.1 Å². The van der Waals surface area contributed by atoms with E-state index in [4.69, 9.17) is 4.74 Å². The van der Waals surface area contributed by atoms with Gasteiger partial charge in [-0.15, -0.1) is 0 Å². The lowest BCUT2D eigenvalue weighted by Gasteiger charge is -2.22. The molecule has 0 aliphatic heterocycles. The largest absolute Gasteiger partial charge is 0.493 e. The minimum absolute atomic E-state index is 0.0699. The lowest BCUT2D eigenvalue weighted by Crippen LogP contribution is -2.26. The molecule has 1 atom stereocenters. The predicted octanol–water partition coefficient (Wildman–Crippen LogP) is 3.68. The predicted molar refractivity (Wildman–Crippen MR) is 88.9 cm³/mol. The quantitative estimate of drug-likeness (QED) is 0.862. The fourth-order valence-electron chi connectivity index (χ4n) is 2.60. The molecule has 0 fully saturated rings. The number of hydrogen-bond acceptors (Lipinski definition) is 3. The molecule has 5 heteroatoms. The van der Waals surface area contributed by atoms with Crippen molar-refractivity contribution in [2.45, 2.75) is 33.4 Å². The molecule has 0 saturated carbocycles. The lowest BCUT2D eigenvalue weighted by atomic mass is 9.98. The van der Waals surface area contributed by atoms with Crippen LogP contribution in [-0.2, 0) is 6.54 Å². The third-order valence-electron chi connectivity index (χ3n) is 3.59. The Kier molecular flexibility index (Phi) is 5.42. The maximum Gasteiger partial charge on any atom is 0.161 e. The third-order valence-corrected chi connectivity index (χ3v) is 4.08. The summed E-state index contributed by atoms with van der Waals surface area (Å²) in [7, 11) is 1.69. The molecule has 1 aromatic heterocycles. The molecule has 1 heterocycles. The van der Waals surface area contributed by atoms with E-state index in [2.05, 4.69) is 65.3 Å². The first-order chi connectivity index (χ1) is 10.1. The average molecular weight is 352 g/mol. The van der Waals surface area contributed by atoms with Crippen molar-refractivity contribution >= 4 is 15.9 Å². The zero-order chi connectivity index (χ0) is 15.4. The summed E-state index contributed by atoms with van der Waals surface area (Å²) in [5.41, 5.74) is 3.56. The van der Waals surface area contributed by atoms with Gasteiger partial charge in [0.1, 0.15) is 5.69 Å². The number of hydrogen-bond donors (Lipinski definition) is 1. The van der Waals surface area contributed by atoms with Gasteiger partial charge in [-0.1, -0.05) is 28.9 Å².